The molecule has 1 saturated heterocycles. The number of fused-ring (bicyclic) bond motifs is 1. The zero-order valence-electron chi connectivity index (χ0n) is 20.9. The zero-order valence-corrected chi connectivity index (χ0v) is 20.9. The normalized spacial score (nSPS) is 13.5. The summed E-state index contributed by atoms with van der Waals surface area (Å²) in [6.07, 6.45) is 3.33. The predicted molar refractivity (Wildman–Crippen MR) is 150 cm³/mol. The van der Waals surface area contributed by atoms with Gasteiger partial charge in [-0.2, -0.15) is 9.78 Å². The zero-order chi connectivity index (χ0) is 26.9. The second-order valence-corrected chi connectivity index (χ2v) is 9.17. The Bertz CT molecular complexity index is 1770. The smallest absolute Gasteiger partial charge is 0.295 e. The average Bonchev–Trinajstić information content (AvgIpc) is 3.53. The van der Waals surface area contributed by atoms with Crippen molar-refractivity contribution in [2.75, 3.05) is 31.2 Å². The number of nitro benzene ring substituents is 1. The number of ether oxygens (including phenoxy) is 1. The fourth-order valence-electron chi connectivity index (χ4n) is 4.91. The van der Waals surface area contributed by atoms with Gasteiger partial charge in [-0.25, -0.2) is 0 Å². The number of hydrogen-bond donors (Lipinski definition) is 0. The van der Waals surface area contributed by atoms with E-state index in [9.17, 15) is 14.9 Å². The highest BCUT2D eigenvalue weighted by atomic mass is 16.6. The van der Waals surface area contributed by atoms with E-state index < -0.39 is 10.5 Å². The van der Waals surface area contributed by atoms with Crippen molar-refractivity contribution in [3.05, 3.63) is 112 Å². The second kappa shape index (κ2) is 10.0. The summed E-state index contributed by atoms with van der Waals surface area (Å²) < 4.78 is 12.2. The van der Waals surface area contributed by atoms with Gasteiger partial charge in [-0.05, 0) is 54.1 Å². The molecule has 3 heterocycles. The molecule has 6 rings (SSSR count). The third-order valence-corrected chi connectivity index (χ3v) is 6.84. The SMILES string of the molecule is C=Cc1cc(-c2ccco2)cc(-c2nn(-c3cc(N4CCOCC4)ccc3[N+](=O)[O-])c(=O)c3ccccc23)c1. The Balaban J connectivity index is 1.62. The molecule has 9 nitrogen and oxygen atoms in total. The Morgan fingerprint density at radius 3 is 2.44 bits per heavy atom. The van der Waals surface area contributed by atoms with Crippen LogP contribution in [0.1, 0.15) is 5.56 Å². The molecule has 0 amide bonds. The van der Waals surface area contributed by atoms with Crippen LogP contribution in [0.2, 0.25) is 0 Å². The summed E-state index contributed by atoms with van der Waals surface area (Å²) in [5, 5.41) is 17.9. The van der Waals surface area contributed by atoms with Gasteiger partial charge >= 0.3 is 0 Å². The molecule has 1 aliphatic heterocycles. The summed E-state index contributed by atoms with van der Waals surface area (Å²) in [5.41, 5.74) is 3.09. The summed E-state index contributed by atoms with van der Waals surface area (Å²) in [5.74, 6) is 0.673. The molecule has 1 fully saturated rings. The van der Waals surface area contributed by atoms with Crippen molar-refractivity contribution in [2.24, 2.45) is 0 Å². The monoisotopic (exact) mass is 520 g/mol. The van der Waals surface area contributed by atoms with Gasteiger partial charge in [0, 0.05) is 41.4 Å². The molecule has 3 aromatic carbocycles. The minimum Gasteiger partial charge on any atom is -0.464 e. The molecule has 0 atom stereocenters. The first-order valence-electron chi connectivity index (χ1n) is 12.5. The average molecular weight is 521 g/mol. The number of nitrogens with zero attached hydrogens (tertiary/aromatic N) is 4. The van der Waals surface area contributed by atoms with E-state index in [0.29, 0.717) is 48.5 Å². The van der Waals surface area contributed by atoms with E-state index in [2.05, 4.69) is 11.5 Å². The topological polar surface area (TPSA) is 104 Å². The quantitative estimate of drug-likeness (QED) is 0.209. The molecule has 0 unspecified atom stereocenters. The fraction of sp³-hybridized carbons (Fsp3) is 0.133. The lowest BCUT2D eigenvalue weighted by molar-refractivity contribution is -0.384. The lowest BCUT2D eigenvalue weighted by Crippen LogP contribution is -2.36. The Hall–Kier alpha value is -5.02. The molecule has 0 saturated carbocycles. The minimum absolute atomic E-state index is 0.104. The van der Waals surface area contributed by atoms with Crippen molar-refractivity contribution in [1.29, 1.82) is 0 Å². The van der Waals surface area contributed by atoms with E-state index in [-0.39, 0.29) is 11.4 Å². The number of furan rings is 1. The molecule has 5 aromatic rings. The largest absolute Gasteiger partial charge is 0.464 e. The van der Waals surface area contributed by atoms with E-state index >= 15 is 0 Å². The van der Waals surface area contributed by atoms with Crippen molar-refractivity contribution in [1.82, 2.24) is 9.78 Å². The van der Waals surface area contributed by atoms with Crippen molar-refractivity contribution < 1.29 is 14.1 Å². The Kier molecular flexibility index (Phi) is 6.26. The molecule has 2 aromatic heterocycles. The molecular formula is C30H24N4O5. The minimum atomic E-state index is -0.491. The van der Waals surface area contributed by atoms with Crippen LogP contribution in [0.4, 0.5) is 11.4 Å². The highest BCUT2D eigenvalue weighted by Gasteiger charge is 2.23. The summed E-state index contributed by atoms with van der Waals surface area (Å²) in [6, 6.07) is 21.4. The molecule has 0 spiro atoms. The van der Waals surface area contributed by atoms with E-state index in [1.807, 2.05) is 42.5 Å². The maximum absolute atomic E-state index is 13.8. The Labute approximate surface area is 223 Å². The van der Waals surface area contributed by atoms with Gasteiger partial charge < -0.3 is 14.1 Å². The van der Waals surface area contributed by atoms with Crippen LogP contribution in [0.5, 0.6) is 0 Å². The van der Waals surface area contributed by atoms with Crippen LogP contribution >= 0.6 is 0 Å². The van der Waals surface area contributed by atoms with Crippen LogP contribution in [-0.4, -0.2) is 41.0 Å². The molecule has 1 aliphatic rings. The van der Waals surface area contributed by atoms with Crippen LogP contribution in [-0.2, 0) is 4.74 Å². The first-order chi connectivity index (χ1) is 19.0. The van der Waals surface area contributed by atoms with Gasteiger partial charge in [0.25, 0.3) is 11.2 Å². The first-order valence-corrected chi connectivity index (χ1v) is 12.5. The van der Waals surface area contributed by atoms with Gasteiger partial charge in [-0.15, -0.1) is 0 Å². The molecule has 0 bridgehead atoms. The van der Waals surface area contributed by atoms with Crippen LogP contribution in [0, 0.1) is 10.1 Å². The van der Waals surface area contributed by atoms with Gasteiger partial charge in [0.2, 0.25) is 0 Å². The molecule has 0 N–H and O–H groups in total. The predicted octanol–water partition coefficient (Wildman–Crippen LogP) is 5.70. The Morgan fingerprint density at radius 2 is 1.72 bits per heavy atom. The van der Waals surface area contributed by atoms with E-state index in [0.717, 1.165) is 27.1 Å². The summed E-state index contributed by atoms with van der Waals surface area (Å²) in [4.78, 5) is 27.4. The lowest BCUT2D eigenvalue weighted by Gasteiger charge is -2.29. The van der Waals surface area contributed by atoms with Crippen molar-refractivity contribution >= 4 is 28.2 Å². The fourth-order valence-corrected chi connectivity index (χ4v) is 4.91. The second-order valence-electron chi connectivity index (χ2n) is 9.17. The van der Waals surface area contributed by atoms with Crippen molar-refractivity contribution in [2.45, 2.75) is 0 Å². The van der Waals surface area contributed by atoms with E-state index in [1.165, 1.54) is 6.07 Å². The first kappa shape index (κ1) is 24.3. The van der Waals surface area contributed by atoms with Gasteiger partial charge in [0.1, 0.15) is 11.4 Å². The number of hydrogen-bond acceptors (Lipinski definition) is 7. The number of benzene rings is 3. The number of anilines is 1. The van der Waals surface area contributed by atoms with E-state index in [4.69, 9.17) is 14.3 Å². The molecule has 9 heteroatoms. The van der Waals surface area contributed by atoms with Crippen molar-refractivity contribution in [3.63, 3.8) is 0 Å². The number of aromatic nitrogens is 2. The van der Waals surface area contributed by atoms with Crippen LogP contribution in [0.15, 0.2) is 94.9 Å². The highest BCUT2D eigenvalue weighted by Crippen LogP contribution is 2.33. The summed E-state index contributed by atoms with van der Waals surface area (Å²) >= 11 is 0. The Morgan fingerprint density at radius 1 is 0.949 bits per heavy atom. The lowest BCUT2D eigenvalue weighted by atomic mass is 9.99. The molecule has 0 radical (unpaired) electrons. The van der Waals surface area contributed by atoms with E-state index in [1.54, 1.807) is 36.6 Å². The number of rotatable bonds is 6. The number of nitro groups is 1. The molecule has 0 aliphatic carbocycles. The maximum Gasteiger partial charge on any atom is 0.295 e. The third kappa shape index (κ3) is 4.49. The standard InChI is InChI=1S/C30H24N4O5/c1-2-20-16-21(28-8-5-13-39-28)18-22(17-20)29-24-6-3-4-7-25(24)30(35)33(31-29)27-19-23(9-10-26(27)34(36)37)32-11-14-38-15-12-32/h2-10,13,16-19H,1,11-12,14-15H2. The van der Waals surface area contributed by atoms with Crippen LogP contribution in [0.25, 0.3) is 45.1 Å². The van der Waals surface area contributed by atoms with Gasteiger partial charge in [0.15, 0.2) is 0 Å². The van der Waals surface area contributed by atoms with Gasteiger partial charge in [-0.1, -0.05) is 30.9 Å². The molecule has 39 heavy (non-hydrogen) atoms. The highest BCUT2D eigenvalue weighted by molar-refractivity contribution is 5.95. The summed E-state index contributed by atoms with van der Waals surface area (Å²) in [7, 11) is 0. The van der Waals surface area contributed by atoms with Crippen molar-refractivity contribution in [3.8, 4) is 28.3 Å². The van der Waals surface area contributed by atoms with Gasteiger partial charge in [0.05, 0.1) is 35.5 Å². The molecular weight excluding hydrogens is 496 g/mol. The van der Waals surface area contributed by atoms with Crippen LogP contribution < -0.4 is 10.5 Å². The summed E-state index contributed by atoms with van der Waals surface area (Å²) in [6.45, 7) is 6.33. The number of morpholine rings is 1. The van der Waals surface area contributed by atoms with Gasteiger partial charge in [-0.3, -0.25) is 14.9 Å². The molecule has 194 valence electrons. The third-order valence-electron chi connectivity index (χ3n) is 6.84. The van der Waals surface area contributed by atoms with Crippen LogP contribution in [0.3, 0.4) is 0 Å². The maximum atomic E-state index is 13.8.